The van der Waals surface area contributed by atoms with Crippen molar-refractivity contribution in [2.45, 2.75) is 19.8 Å². The van der Waals surface area contributed by atoms with Crippen LogP contribution in [-0.2, 0) is 24.1 Å². The Bertz CT molecular complexity index is 1000. The highest BCUT2D eigenvalue weighted by Gasteiger charge is 2.15. The van der Waals surface area contributed by atoms with Gasteiger partial charge in [-0.15, -0.1) is 0 Å². The number of carbonyl (C=O) groups is 1. The maximum atomic E-state index is 12.0. The van der Waals surface area contributed by atoms with Gasteiger partial charge < -0.3 is 5.11 Å². The molecule has 0 aromatic heterocycles. The fourth-order valence-electron chi connectivity index (χ4n) is 3.00. The number of aryl methyl sites for hydroxylation is 3. The summed E-state index contributed by atoms with van der Waals surface area (Å²) in [4.78, 5) is 11.1. The number of rotatable bonds is 7. The molecule has 1 unspecified atom stereocenters. The molecule has 0 amide bonds. The van der Waals surface area contributed by atoms with Crippen LogP contribution in [0.5, 0.6) is 0 Å². The molecule has 6 heteroatoms. The summed E-state index contributed by atoms with van der Waals surface area (Å²) in [5.74, 6) is -0.942. The maximum absolute atomic E-state index is 12.0. The summed E-state index contributed by atoms with van der Waals surface area (Å²) in [6.07, 6.45) is 1.37. The van der Waals surface area contributed by atoms with Crippen LogP contribution >= 0.6 is 0 Å². The van der Waals surface area contributed by atoms with Crippen molar-refractivity contribution in [2.75, 3.05) is 4.31 Å². The summed E-state index contributed by atoms with van der Waals surface area (Å²) in [5, 5.41) is 9.11. The van der Waals surface area contributed by atoms with Crippen LogP contribution in [-0.4, -0.2) is 19.8 Å². The largest absolute Gasteiger partial charge is 0.478 e. The number of aromatic carboxylic acids is 1. The standard InChI is InChI=1S/C22H21NO4S/c1-16-8-12-20(13-9-16)23(28(26)27)21-7-3-5-18(15-21)11-10-17-4-2-6-19(14-17)22(24)25/h2-9,12-15H,10-11H2,1H3,(H,24,25)(H,26,27). The molecule has 5 nitrogen and oxygen atoms in total. The van der Waals surface area contributed by atoms with Gasteiger partial charge in [0, 0.05) is 0 Å². The molecule has 0 heterocycles. The smallest absolute Gasteiger partial charge is 0.335 e. The zero-order valence-corrected chi connectivity index (χ0v) is 16.2. The quantitative estimate of drug-likeness (QED) is 0.566. The van der Waals surface area contributed by atoms with E-state index in [1.165, 1.54) is 4.31 Å². The van der Waals surface area contributed by atoms with Gasteiger partial charge in [-0.2, -0.15) is 0 Å². The molecule has 3 aromatic carbocycles. The lowest BCUT2D eigenvalue weighted by Gasteiger charge is -2.21. The molecule has 0 saturated heterocycles. The second-order valence-electron chi connectivity index (χ2n) is 6.54. The number of nitrogens with zero attached hydrogens (tertiary/aromatic N) is 1. The van der Waals surface area contributed by atoms with Gasteiger partial charge in [-0.1, -0.05) is 42.0 Å². The van der Waals surface area contributed by atoms with E-state index in [2.05, 4.69) is 0 Å². The van der Waals surface area contributed by atoms with E-state index in [1.807, 2.05) is 55.5 Å². The van der Waals surface area contributed by atoms with E-state index in [1.54, 1.807) is 24.3 Å². The van der Waals surface area contributed by atoms with Gasteiger partial charge in [-0.25, -0.2) is 13.3 Å². The molecule has 0 bridgehead atoms. The van der Waals surface area contributed by atoms with Crippen molar-refractivity contribution < 1.29 is 18.7 Å². The van der Waals surface area contributed by atoms with Crippen molar-refractivity contribution in [3.05, 3.63) is 95.1 Å². The molecular weight excluding hydrogens is 374 g/mol. The lowest BCUT2D eigenvalue weighted by molar-refractivity contribution is 0.0696. The Hall–Kier alpha value is -2.96. The molecule has 1 atom stereocenters. The second kappa shape index (κ2) is 8.82. The van der Waals surface area contributed by atoms with Crippen LogP contribution in [0.1, 0.15) is 27.0 Å². The third-order valence-corrected chi connectivity index (χ3v) is 5.18. The zero-order chi connectivity index (χ0) is 20.1. The van der Waals surface area contributed by atoms with Gasteiger partial charge in [-0.3, -0.25) is 4.55 Å². The Morgan fingerprint density at radius 1 is 0.893 bits per heavy atom. The topological polar surface area (TPSA) is 77.8 Å². The third-order valence-electron chi connectivity index (χ3n) is 4.45. The SMILES string of the molecule is Cc1ccc(N(c2cccc(CCc3cccc(C(=O)O)c3)c2)S(=O)O)cc1. The van der Waals surface area contributed by atoms with Crippen LogP contribution in [0.15, 0.2) is 72.8 Å². The fraction of sp³-hybridized carbons (Fsp3) is 0.136. The molecule has 0 saturated carbocycles. The van der Waals surface area contributed by atoms with E-state index >= 15 is 0 Å². The molecular formula is C22H21NO4S. The Morgan fingerprint density at radius 3 is 2.11 bits per heavy atom. The van der Waals surface area contributed by atoms with Crippen LogP contribution in [0.4, 0.5) is 11.4 Å². The molecule has 3 rings (SSSR count). The summed E-state index contributed by atoms with van der Waals surface area (Å²) >= 11 is -2.20. The second-order valence-corrected chi connectivity index (χ2v) is 7.36. The number of anilines is 2. The monoisotopic (exact) mass is 395 g/mol. The summed E-state index contributed by atoms with van der Waals surface area (Å²) in [5.41, 5.74) is 4.55. The Morgan fingerprint density at radius 2 is 1.50 bits per heavy atom. The van der Waals surface area contributed by atoms with E-state index in [0.29, 0.717) is 24.2 Å². The van der Waals surface area contributed by atoms with Crippen molar-refractivity contribution in [1.29, 1.82) is 0 Å². The molecule has 0 fully saturated rings. The average molecular weight is 395 g/mol. The lowest BCUT2D eigenvalue weighted by Crippen LogP contribution is -2.19. The highest BCUT2D eigenvalue weighted by atomic mass is 32.2. The number of carboxylic acid groups (broad SMARTS) is 1. The third kappa shape index (κ3) is 4.85. The van der Waals surface area contributed by atoms with Gasteiger partial charge in [0.25, 0.3) is 11.3 Å². The van der Waals surface area contributed by atoms with Crippen molar-refractivity contribution in [1.82, 2.24) is 0 Å². The van der Waals surface area contributed by atoms with Crippen LogP contribution in [0, 0.1) is 6.92 Å². The number of hydrogen-bond donors (Lipinski definition) is 2. The van der Waals surface area contributed by atoms with E-state index in [-0.39, 0.29) is 5.56 Å². The first-order valence-electron chi connectivity index (χ1n) is 8.83. The Balaban J connectivity index is 1.81. The molecule has 0 aliphatic carbocycles. The predicted octanol–water partition coefficient (Wildman–Crippen LogP) is 4.75. The van der Waals surface area contributed by atoms with Gasteiger partial charge in [0.2, 0.25) is 0 Å². The van der Waals surface area contributed by atoms with Gasteiger partial charge in [0.1, 0.15) is 0 Å². The number of benzene rings is 3. The van der Waals surface area contributed by atoms with E-state index in [4.69, 9.17) is 5.11 Å². The molecule has 3 aromatic rings. The van der Waals surface area contributed by atoms with Crippen LogP contribution in [0.25, 0.3) is 0 Å². The van der Waals surface area contributed by atoms with Crippen LogP contribution in [0.2, 0.25) is 0 Å². The molecule has 2 N–H and O–H groups in total. The van der Waals surface area contributed by atoms with E-state index in [9.17, 15) is 13.6 Å². The van der Waals surface area contributed by atoms with Gasteiger partial charge >= 0.3 is 5.97 Å². The molecule has 0 aliphatic rings. The zero-order valence-electron chi connectivity index (χ0n) is 15.4. The minimum Gasteiger partial charge on any atom is -0.478 e. The van der Waals surface area contributed by atoms with Crippen LogP contribution < -0.4 is 4.31 Å². The maximum Gasteiger partial charge on any atom is 0.335 e. The fourth-order valence-corrected chi connectivity index (χ4v) is 3.59. The number of carboxylic acids is 1. The van der Waals surface area contributed by atoms with Gasteiger partial charge in [-0.05, 0) is 67.3 Å². The first-order valence-corrected chi connectivity index (χ1v) is 9.89. The van der Waals surface area contributed by atoms with E-state index < -0.39 is 17.2 Å². The molecule has 28 heavy (non-hydrogen) atoms. The summed E-state index contributed by atoms with van der Waals surface area (Å²) in [6.45, 7) is 1.96. The molecule has 0 radical (unpaired) electrons. The molecule has 0 spiro atoms. The average Bonchev–Trinajstić information content (AvgIpc) is 2.68. The highest BCUT2D eigenvalue weighted by molar-refractivity contribution is 7.81. The van der Waals surface area contributed by atoms with Gasteiger partial charge in [0.05, 0.1) is 16.9 Å². The molecule has 0 aliphatic heterocycles. The lowest BCUT2D eigenvalue weighted by atomic mass is 10.0. The van der Waals surface area contributed by atoms with Crippen molar-refractivity contribution in [3.8, 4) is 0 Å². The van der Waals surface area contributed by atoms with Crippen molar-refractivity contribution in [2.24, 2.45) is 0 Å². The van der Waals surface area contributed by atoms with Crippen molar-refractivity contribution in [3.63, 3.8) is 0 Å². The van der Waals surface area contributed by atoms with Crippen molar-refractivity contribution >= 4 is 28.6 Å². The van der Waals surface area contributed by atoms with E-state index in [0.717, 1.165) is 16.7 Å². The summed E-state index contributed by atoms with van der Waals surface area (Å²) in [6, 6.07) is 21.8. The molecule has 144 valence electrons. The first-order chi connectivity index (χ1) is 13.4. The first kappa shape index (κ1) is 19.8. The normalized spacial score (nSPS) is 11.8. The van der Waals surface area contributed by atoms with Gasteiger partial charge in [0.15, 0.2) is 0 Å². The minimum atomic E-state index is -2.20. The minimum absolute atomic E-state index is 0.271. The Kier molecular flexibility index (Phi) is 6.23. The Labute approximate surface area is 166 Å². The number of hydrogen-bond acceptors (Lipinski definition) is 2. The summed E-state index contributed by atoms with van der Waals surface area (Å²) in [7, 11) is 0. The predicted molar refractivity (Wildman–Crippen MR) is 111 cm³/mol. The van der Waals surface area contributed by atoms with Crippen LogP contribution in [0.3, 0.4) is 0 Å². The summed E-state index contributed by atoms with van der Waals surface area (Å²) < 4.78 is 23.1. The highest BCUT2D eigenvalue weighted by Crippen LogP contribution is 2.28.